The minimum absolute atomic E-state index is 0.362. The zero-order valence-corrected chi connectivity index (χ0v) is 10.5. The van der Waals surface area contributed by atoms with Crippen LogP contribution in [0.4, 0.5) is 0 Å². The third kappa shape index (κ3) is 3.50. The second-order valence-corrected chi connectivity index (χ2v) is 5.90. The summed E-state index contributed by atoms with van der Waals surface area (Å²) in [5.74, 6) is -1.26. The Labute approximate surface area is 107 Å². The van der Waals surface area contributed by atoms with Gasteiger partial charge in [0.15, 0.2) is 6.23 Å². The lowest BCUT2D eigenvalue weighted by molar-refractivity contribution is -0.221. The van der Waals surface area contributed by atoms with E-state index in [0.29, 0.717) is 4.90 Å². The van der Waals surface area contributed by atoms with Crippen molar-refractivity contribution in [1.29, 1.82) is 0 Å². The van der Waals surface area contributed by atoms with Crippen LogP contribution in [0.1, 0.15) is 0 Å². The monoisotopic (exact) mass is 301 g/mol. The average molecular weight is 301 g/mol. The molecular weight excluding hydrogens is 285 g/mol. The molecule has 19 heavy (non-hydrogen) atoms. The van der Waals surface area contributed by atoms with E-state index in [1.165, 1.54) is 0 Å². The van der Waals surface area contributed by atoms with Crippen molar-refractivity contribution in [3.63, 3.8) is 0 Å². The van der Waals surface area contributed by atoms with Gasteiger partial charge in [-0.15, -0.1) is 0 Å². The molecule has 7 N–H and O–H groups in total. The molecule has 0 bridgehead atoms. The van der Waals surface area contributed by atoms with Gasteiger partial charge in [0, 0.05) is 0 Å². The number of aliphatic hydroxyl groups is 5. The minimum atomic E-state index is -4.72. The summed E-state index contributed by atoms with van der Waals surface area (Å²) in [5, 5.41) is 47.0. The van der Waals surface area contributed by atoms with Crippen LogP contribution in [0.15, 0.2) is 0 Å². The predicted molar refractivity (Wildman–Crippen MR) is 58.7 cm³/mol. The van der Waals surface area contributed by atoms with Crippen LogP contribution in [0.25, 0.3) is 0 Å². The van der Waals surface area contributed by atoms with E-state index >= 15 is 0 Å². The Balaban J connectivity index is 3.00. The topological polar surface area (TPSA) is 179 Å². The van der Waals surface area contributed by atoms with Crippen molar-refractivity contribution in [3.8, 4) is 0 Å². The maximum absolute atomic E-state index is 11.6. The summed E-state index contributed by atoms with van der Waals surface area (Å²) in [4.78, 5) is 29.4. The smallest absolute Gasteiger partial charge is 0.334 e. The number of piperidine rings is 1. The summed E-state index contributed by atoms with van der Waals surface area (Å²) in [6, 6.07) is -1.48. The third-order valence-electron chi connectivity index (χ3n) is 2.86. The van der Waals surface area contributed by atoms with Crippen molar-refractivity contribution in [2.75, 3.05) is 12.8 Å². The molecule has 1 saturated heterocycles. The van der Waals surface area contributed by atoms with Crippen LogP contribution in [0, 0.1) is 0 Å². The summed E-state index contributed by atoms with van der Waals surface area (Å²) < 4.78 is 10.7. The zero-order chi connectivity index (χ0) is 15.0. The zero-order valence-electron chi connectivity index (χ0n) is 9.64. The Morgan fingerprint density at radius 1 is 1.05 bits per heavy atom. The molecule has 1 heterocycles. The molecular formula is C8H16NO9P. The SMILES string of the molecule is O=C(CP(=O)(O)O)N1C(O)[C@H](O)[C@@H](O)[C@H](O)[C@H]1CO. The Morgan fingerprint density at radius 2 is 1.58 bits per heavy atom. The van der Waals surface area contributed by atoms with Gasteiger partial charge >= 0.3 is 7.60 Å². The molecule has 11 heteroatoms. The van der Waals surface area contributed by atoms with Crippen LogP contribution in [-0.4, -0.2) is 89.5 Å². The van der Waals surface area contributed by atoms with Crippen molar-refractivity contribution in [1.82, 2.24) is 4.90 Å². The molecule has 10 nitrogen and oxygen atoms in total. The van der Waals surface area contributed by atoms with Gasteiger partial charge in [-0.25, -0.2) is 0 Å². The van der Waals surface area contributed by atoms with E-state index in [-0.39, 0.29) is 0 Å². The molecule has 1 fully saturated rings. The number of hydrogen-bond donors (Lipinski definition) is 7. The summed E-state index contributed by atoms with van der Waals surface area (Å²) >= 11 is 0. The van der Waals surface area contributed by atoms with E-state index in [4.69, 9.17) is 14.9 Å². The van der Waals surface area contributed by atoms with Crippen molar-refractivity contribution >= 4 is 13.5 Å². The highest BCUT2D eigenvalue weighted by Crippen LogP contribution is 2.35. The van der Waals surface area contributed by atoms with Crippen molar-refractivity contribution in [3.05, 3.63) is 0 Å². The van der Waals surface area contributed by atoms with Crippen LogP contribution in [0.2, 0.25) is 0 Å². The molecule has 112 valence electrons. The standard InChI is InChI=1S/C8H16NO9P/c10-1-3-5(12)6(13)7(14)8(15)9(3)4(11)2-19(16,17)18/h3,5-8,10,12-15H,1-2H2,(H2,16,17,18)/t3-,5-,6+,7-,8?/m1/s1. The number of nitrogens with zero attached hydrogens (tertiary/aromatic N) is 1. The lowest BCUT2D eigenvalue weighted by Crippen LogP contribution is -2.69. The van der Waals surface area contributed by atoms with E-state index in [9.17, 15) is 29.8 Å². The highest BCUT2D eigenvalue weighted by atomic mass is 31.2. The molecule has 0 aliphatic carbocycles. The summed E-state index contributed by atoms with van der Waals surface area (Å²) in [5.41, 5.74) is 0. The van der Waals surface area contributed by atoms with E-state index in [1.807, 2.05) is 0 Å². The molecule has 0 aromatic carbocycles. The maximum Gasteiger partial charge on any atom is 0.334 e. The van der Waals surface area contributed by atoms with Crippen molar-refractivity contribution < 1.29 is 44.7 Å². The molecule has 1 aliphatic heterocycles. The van der Waals surface area contributed by atoms with Crippen molar-refractivity contribution in [2.24, 2.45) is 0 Å². The van der Waals surface area contributed by atoms with Gasteiger partial charge in [-0.05, 0) is 0 Å². The number of aliphatic hydroxyl groups excluding tert-OH is 5. The summed E-state index contributed by atoms with van der Waals surface area (Å²) in [6.45, 7) is -0.866. The van der Waals surface area contributed by atoms with Gasteiger partial charge in [0.2, 0.25) is 5.91 Å². The number of carbonyl (C=O) groups is 1. The van der Waals surface area contributed by atoms with E-state index in [2.05, 4.69) is 0 Å². The van der Waals surface area contributed by atoms with E-state index < -0.39 is 56.9 Å². The Kier molecular flexibility index (Phi) is 5.04. The predicted octanol–water partition coefficient (Wildman–Crippen LogP) is -4.23. The molecule has 5 atom stereocenters. The van der Waals surface area contributed by atoms with Gasteiger partial charge in [0.25, 0.3) is 0 Å². The fourth-order valence-corrected chi connectivity index (χ4v) is 2.43. The molecule has 0 spiro atoms. The van der Waals surface area contributed by atoms with Crippen LogP contribution >= 0.6 is 7.60 Å². The minimum Gasteiger partial charge on any atom is -0.394 e. The van der Waals surface area contributed by atoms with E-state index in [0.717, 1.165) is 0 Å². The molecule has 1 aliphatic rings. The Bertz CT molecular complexity index is 384. The molecule has 0 aromatic rings. The molecule has 1 unspecified atom stereocenters. The number of hydrogen-bond acceptors (Lipinski definition) is 7. The lowest BCUT2D eigenvalue weighted by atomic mass is 9.93. The fourth-order valence-electron chi connectivity index (χ4n) is 1.92. The molecule has 1 amide bonds. The first-order valence-corrected chi connectivity index (χ1v) is 7.08. The molecule has 0 radical (unpaired) electrons. The highest BCUT2D eigenvalue weighted by molar-refractivity contribution is 7.52. The number of rotatable bonds is 3. The van der Waals surface area contributed by atoms with Crippen LogP contribution in [0.5, 0.6) is 0 Å². The van der Waals surface area contributed by atoms with Gasteiger partial charge in [0.1, 0.15) is 24.5 Å². The third-order valence-corrected chi connectivity index (χ3v) is 3.54. The largest absolute Gasteiger partial charge is 0.394 e. The maximum atomic E-state index is 11.6. The molecule has 0 saturated carbocycles. The summed E-state index contributed by atoms with van der Waals surface area (Å²) in [7, 11) is -4.72. The van der Waals surface area contributed by atoms with Crippen LogP contribution in [0.3, 0.4) is 0 Å². The van der Waals surface area contributed by atoms with Gasteiger partial charge < -0.3 is 40.2 Å². The fraction of sp³-hybridized carbons (Fsp3) is 0.875. The highest BCUT2D eigenvalue weighted by Gasteiger charge is 2.49. The van der Waals surface area contributed by atoms with Gasteiger partial charge in [0.05, 0.1) is 12.6 Å². The lowest BCUT2D eigenvalue weighted by Gasteiger charge is -2.46. The number of likely N-dealkylation sites (tertiary alicyclic amines) is 1. The molecule has 1 rings (SSSR count). The average Bonchev–Trinajstić information content (AvgIpc) is 2.28. The second-order valence-electron chi connectivity index (χ2n) is 4.26. The molecule has 0 aromatic heterocycles. The van der Waals surface area contributed by atoms with Gasteiger partial charge in [-0.3, -0.25) is 9.36 Å². The summed E-state index contributed by atoms with van der Waals surface area (Å²) in [6.07, 6.45) is -8.72. The normalized spacial score (nSPS) is 36.4. The first kappa shape index (κ1) is 16.5. The van der Waals surface area contributed by atoms with Crippen LogP contribution in [-0.2, 0) is 9.36 Å². The number of carbonyl (C=O) groups excluding carboxylic acids is 1. The van der Waals surface area contributed by atoms with E-state index in [1.54, 1.807) is 0 Å². The first-order valence-electron chi connectivity index (χ1n) is 5.29. The first-order chi connectivity index (χ1) is 8.60. The second kappa shape index (κ2) is 5.81. The van der Waals surface area contributed by atoms with Crippen molar-refractivity contribution in [2.45, 2.75) is 30.6 Å². The Morgan fingerprint density at radius 3 is 2.00 bits per heavy atom. The van der Waals surface area contributed by atoms with Crippen LogP contribution < -0.4 is 0 Å². The number of amides is 1. The Hall–Kier alpha value is -0.580. The van der Waals surface area contributed by atoms with Gasteiger partial charge in [-0.1, -0.05) is 0 Å². The van der Waals surface area contributed by atoms with Gasteiger partial charge in [-0.2, -0.15) is 0 Å². The quantitative estimate of drug-likeness (QED) is 0.254.